The summed E-state index contributed by atoms with van der Waals surface area (Å²) in [6.07, 6.45) is 9.80. The molecule has 0 amide bonds. The zero-order chi connectivity index (χ0) is 6.55. The highest BCUT2D eigenvalue weighted by Crippen LogP contribution is 2.50. The van der Waals surface area contributed by atoms with Gasteiger partial charge in [-0.15, -0.1) is 0 Å². The highest BCUT2D eigenvalue weighted by molar-refractivity contribution is 5.10. The second-order valence-corrected chi connectivity index (χ2v) is 3.70. The molecule has 1 saturated carbocycles. The highest BCUT2D eigenvalue weighted by Gasteiger charge is 2.50. The van der Waals surface area contributed by atoms with Gasteiger partial charge in [-0.2, -0.15) is 0 Å². The van der Waals surface area contributed by atoms with E-state index >= 15 is 0 Å². The lowest BCUT2D eigenvalue weighted by Gasteiger charge is -2.19. The Hall–Kier alpha value is -0.0400. The Morgan fingerprint density at radius 3 is 2.90 bits per heavy atom. The SMILES string of the molecule is [CH]1CC2C3[CH]CC(O3)C2C1. The summed E-state index contributed by atoms with van der Waals surface area (Å²) in [5.74, 6) is 1.77. The van der Waals surface area contributed by atoms with E-state index in [0.29, 0.717) is 12.2 Å². The first-order valence-corrected chi connectivity index (χ1v) is 4.25. The van der Waals surface area contributed by atoms with Gasteiger partial charge in [-0.1, -0.05) is 0 Å². The van der Waals surface area contributed by atoms with Crippen LogP contribution in [-0.2, 0) is 4.74 Å². The molecule has 0 aromatic heterocycles. The van der Waals surface area contributed by atoms with Crippen molar-refractivity contribution in [3.05, 3.63) is 12.8 Å². The molecule has 0 spiro atoms. The summed E-state index contributed by atoms with van der Waals surface area (Å²) in [5, 5.41) is 0. The van der Waals surface area contributed by atoms with Crippen molar-refractivity contribution in [2.45, 2.75) is 31.5 Å². The molecule has 1 aliphatic carbocycles. The van der Waals surface area contributed by atoms with Gasteiger partial charge >= 0.3 is 0 Å². The third-order valence-corrected chi connectivity index (χ3v) is 3.26. The first kappa shape index (κ1) is 5.59. The Kier molecular flexibility index (Phi) is 0.984. The number of hydrogen-bond acceptors (Lipinski definition) is 1. The van der Waals surface area contributed by atoms with E-state index in [1.54, 1.807) is 0 Å². The summed E-state index contributed by atoms with van der Waals surface area (Å²) >= 11 is 0. The molecule has 0 aromatic carbocycles. The molecule has 4 unspecified atom stereocenters. The van der Waals surface area contributed by atoms with Crippen molar-refractivity contribution in [3.63, 3.8) is 0 Å². The molecule has 1 nitrogen and oxygen atoms in total. The fraction of sp³-hybridized carbons (Fsp3) is 0.778. The first-order chi connectivity index (χ1) is 4.95. The molecule has 0 aromatic rings. The van der Waals surface area contributed by atoms with Gasteiger partial charge in [0, 0.05) is 0 Å². The number of hydrogen-bond donors (Lipinski definition) is 0. The molecule has 2 saturated heterocycles. The minimum Gasteiger partial charge on any atom is -0.374 e. The van der Waals surface area contributed by atoms with Crippen LogP contribution in [0.3, 0.4) is 0 Å². The van der Waals surface area contributed by atoms with Crippen molar-refractivity contribution in [2.75, 3.05) is 0 Å². The fourth-order valence-corrected chi connectivity index (χ4v) is 2.77. The molecule has 2 bridgehead atoms. The van der Waals surface area contributed by atoms with Crippen LogP contribution in [0.2, 0.25) is 0 Å². The molecule has 54 valence electrons. The quantitative estimate of drug-likeness (QED) is 0.491. The molecular formula is C9H12O. The van der Waals surface area contributed by atoms with E-state index in [1.807, 2.05) is 0 Å². The van der Waals surface area contributed by atoms with Crippen molar-refractivity contribution in [3.8, 4) is 0 Å². The van der Waals surface area contributed by atoms with E-state index in [0.717, 1.165) is 11.8 Å². The maximum absolute atomic E-state index is 5.76. The van der Waals surface area contributed by atoms with Crippen LogP contribution in [0.4, 0.5) is 0 Å². The predicted molar refractivity (Wildman–Crippen MR) is 38.1 cm³/mol. The zero-order valence-electron chi connectivity index (χ0n) is 5.99. The van der Waals surface area contributed by atoms with E-state index in [1.165, 1.54) is 19.3 Å². The van der Waals surface area contributed by atoms with Gasteiger partial charge in [0.15, 0.2) is 0 Å². The van der Waals surface area contributed by atoms with E-state index in [2.05, 4.69) is 12.8 Å². The van der Waals surface area contributed by atoms with Gasteiger partial charge in [0.1, 0.15) is 0 Å². The van der Waals surface area contributed by atoms with E-state index in [4.69, 9.17) is 4.74 Å². The van der Waals surface area contributed by atoms with Crippen LogP contribution in [0.5, 0.6) is 0 Å². The number of rotatable bonds is 0. The van der Waals surface area contributed by atoms with Gasteiger partial charge < -0.3 is 4.74 Å². The summed E-state index contributed by atoms with van der Waals surface area (Å²) in [6, 6.07) is 0. The van der Waals surface area contributed by atoms with Crippen molar-refractivity contribution in [2.24, 2.45) is 11.8 Å². The summed E-state index contributed by atoms with van der Waals surface area (Å²) in [5.41, 5.74) is 0. The van der Waals surface area contributed by atoms with Gasteiger partial charge in [-0.3, -0.25) is 0 Å². The molecule has 3 rings (SSSR count). The molecule has 3 fully saturated rings. The maximum Gasteiger partial charge on any atom is 0.0643 e. The van der Waals surface area contributed by atoms with Gasteiger partial charge in [0.05, 0.1) is 12.2 Å². The number of ether oxygens (including phenoxy) is 1. The molecule has 1 heteroatoms. The predicted octanol–water partition coefficient (Wildman–Crippen LogP) is 1.59. The lowest BCUT2D eigenvalue weighted by molar-refractivity contribution is 0.0903. The zero-order valence-corrected chi connectivity index (χ0v) is 5.99. The molecule has 3 aliphatic rings. The average molecular weight is 136 g/mol. The third-order valence-electron chi connectivity index (χ3n) is 3.26. The van der Waals surface area contributed by atoms with Crippen LogP contribution in [0.1, 0.15) is 19.3 Å². The minimum atomic E-state index is 0.536. The Morgan fingerprint density at radius 1 is 1.10 bits per heavy atom. The summed E-state index contributed by atoms with van der Waals surface area (Å²) in [6.45, 7) is 0. The normalized spacial score (nSPS) is 57.6. The smallest absolute Gasteiger partial charge is 0.0643 e. The van der Waals surface area contributed by atoms with Crippen LogP contribution in [0.25, 0.3) is 0 Å². The van der Waals surface area contributed by atoms with Crippen molar-refractivity contribution in [1.82, 2.24) is 0 Å². The minimum absolute atomic E-state index is 0.536. The van der Waals surface area contributed by atoms with Gasteiger partial charge in [0.25, 0.3) is 0 Å². The summed E-state index contributed by atoms with van der Waals surface area (Å²) in [7, 11) is 0. The third kappa shape index (κ3) is 0.531. The van der Waals surface area contributed by atoms with E-state index in [9.17, 15) is 0 Å². The number of fused-ring (bicyclic) bond motifs is 5. The molecule has 2 radical (unpaired) electrons. The lowest BCUT2D eigenvalue weighted by atomic mass is 9.82. The lowest BCUT2D eigenvalue weighted by Crippen LogP contribution is -2.22. The van der Waals surface area contributed by atoms with Crippen LogP contribution in [0.15, 0.2) is 0 Å². The standard InChI is InChI=1S/C9H12O/c1-2-6-7(3-1)9-5-4-8(6)10-9/h1,4,6-9H,2-3,5H2. The molecule has 2 heterocycles. The summed E-state index contributed by atoms with van der Waals surface area (Å²) < 4.78 is 5.76. The van der Waals surface area contributed by atoms with Crippen LogP contribution < -0.4 is 0 Å². The highest BCUT2D eigenvalue weighted by atomic mass is 16.5. The second-order valence-electron chi connectivity index (χ2n) is 3.70. The Balaban J connectivity index is 1.92. The molecule has 0 N–H and O–H groups in total. The Morgan fingerprint density at radius 2 is 2.00 bits per heavy atom. The average Bonchev–Trinajstić information content (AvgIpc) is 2.60. The van der Waals surface area contributed by atoms with Crippen molar-refractivity contribution >= 4 is 0 Å². The molecule has 4 atom stereocenters. The topological polar surface area (TPSA) is 9.23 Å². The van der Waals surface area contributed by atoms with Crippen LogP contribution in [0, 0.1) is 24.7 Å². The monoisotopic (exact) mass is 136 g/mol. The van der Waals surface area contributed by atoms with E-state index in [-0.39, 0.29) is 0 Å². The molecular weight excluding hydrogens is 124 g/mol. The van der Waals surface area contributed by atoms with Crippen LogP contribution >= 0.6 is 0 Å². The van der Waals surface area contributed by atoms with Crippen LogP contribution in [-0.4, -0.2) is 12.2 Å². The van der Waals surface area contributed by atoms with Gasteiger partial charge in [0.2, 0.25) is 0 Å². The maximum atomic E-state index is 5.76. The second kappa shape index (κ2) is 1.76. The largest absolute Gasteiger partial charge is 0.374 e. The molecule has 2 aliphatic heterocycles. The Labute approximate surface area is 61.8 Å². The van der Waals surface area contributed by atoms with Gasteiger partial charge in [-0.25, -0.2) is 0 Å². The van der Waals surface area contributed by atoms with Gasteiger partial charge in [-0.05, 0) is 43.9 Å². The van der Waals surface area contributed by atoms with Crippen molar-refractivity contribution < 1.29 is 4.74 Å². The summed E-state index contributed by atoms with van der Waals surface area (Å²) in [4.78, 5) is 0. The molecule has 10 heavy (non-hydrogen) atoms. The van der Waals surface area contributed by atoms with E-state index < -0.39 is 0 Å². The van der Waals surface area contributed by atoms with Crippen molar-refractivity contribution in [1.29, 1.82) is 0 Å². The fourth-order valence-electron chi connectivity index (χ4n) is 2.77. The Bertz CT molecular complexity index is 139. The first-order valence-electron chi connectivity index (χ1n) is 4.25.